The van der Waals surface area contributed by atoms with Crippen LogP contribution in [0.2, 0.25) is 0 Å². The first-order chi connectivity index (χ1) is 11.9. The maximum absolute atomic E-state index is 13.1. The van der Waals surface area contributed by atoms with E-state index in [0.717, 1.165) is 0 Å². The van der Waals surface area contributed by atoms with Crippen molar-refractivity contribution in [2.24, 2.45) is 17.8 Å². The van der Waals surface area contributed by atoms with Gasteiger partial charge in [0.2, 0.25) is 17.7 Å². The fraction of sp³-hybridized carbons (Fsp3) is 0.737. The van der Waals surface area contributed by atoms with Crippen LogP contribution in [-0.4, -0.2) is 57.9 Å². The van der Waals surface area contributed by atoms with E-state index in [9.17, 15) is 19.5 Å². The highest BCUT2D eigenvalue weighted by atomic mass is 16.3. The van der Waals surface area contributed by atoms with Gasteiger partial charge in [0.15, 0.2) is 0 Å². The van der Waals surface area contributed by atoms with E-state index in [2.05, 4.69) is 0 Å². The van der Waals surface area contributed by atoms with Gasteiger partial charge in [0.25, 0.3) is 0 Å². The molecule has 3 aliphatic rings. The molecule has 3 rings (SSSR count). The zero-order valence-electron chi connectivity index (χ0n) is 15.1. The molecule has 0 aromatic rings. The summed E-state index contributed by atoms with van der Waals surface area (Å²) in [7, 11) is 0. The minimum absolute atomic E-state index is 0.145. The number of aliphatic hydroxyl groups excluding tert-OH is 1. The highest BCUT2D eigenvalue weighted by Gasteiger charge is 2.51. The van der Waals surface area contributed by atoms with Crippen molar-refractivity contribution in [1.82, 2.24) is 9.80 Å². The fourth-order valence-electron chi connectivity index (χ4n) is 4.19. The van der Waals surface area contributed by atoms with E-state index in [1.54, 1.807) is 4.90 Å². The Hall–Kier alpha value is -1.69. The topological polar surface area (TPSA) is 77.9 Å². The van der Waals surface area contributed by atoms with Crippen molar-refractivity contribution in [3.63, 3.8) is 0 Å². The number of hydrogen-bond acceptors (Lipinski definition) is 4. The van der Waals surface area contributed by atoms with Gasteiger partial charge >= 0.3 is 0 Å². The summed E-state index contributed by atoms with van der Waals surface area (Å²) in [5, 5.41) is 9.67. The van der Waals surface area contributed by atoms with Crippen LogP contribution in [-0.2, 0) is 14.4 Å². The minimum atomic E-state index is -0.708. The average Bonchev–Trinajstić information content (AvgIpc) is 2.84. The highest BCUT2D eigenvalue weighted by molar-refractivity contribution is 6.08. The number of amides is 3. The lowest BCUT2D eigenvalue weighted by atomic mass is 9.85. The quantitative estimate of drug-likeness (QED) is 0.614. The number of likely N-dealkylation sites (tertiary alicyclic amines) is 2. The van der Waals surface area contributed by atoms with Gasteiger partial charge in [-0.25, -0.2) is 0 Å². The second-order valence-electron chi connectivity index (χ2n) is 7.90. The fourth-order valence-corrected chi connectivity index (χ4v) is 4.19. The molecule has 25 heavy (non-hydrogen) atoms. The molecule has 138 valence electrons. The van der Waals surface area contributed by atoms with E-state index < -0.39 is 6.04 Å². The van der Waals surface area contributed by atoms with Crippen LogP contribution in [0, 0.1) is 17.8 Å². The number of piperidine rings is 1. The molecule has 6 heteroatoms. The predicted octanol–water partition coefficient (Wildman–Crippen LogP) is 1.34. The van der Waals surface area contributed by atoms with Crippen molar-refractivity contribution in [3.05, 3.63) is 12.2 Å². The van der Waals surface area contributed by atoms with E-state index >= 15 is 0 Å². The Labute approximate surface area is 148 Å². The maximum Gasteiger partial charge on any atom is 0.245 e. The lowest BCUT2D eigenvalue weighted by molar-refractivity contribution is -0.153. The number of aliphatic hydroxyl groups is 1. The highest BCUT2D eigenvalue weighted by Crippen LogP contribution is 2.37. The molecule has 3 amide bonds. The van der Waals surface area contributed by atoms with Crippen LogP contribution in [0.15, 0.2) is 12.2 Å². The Morgan fingerprint density at radius 1 is 1.12 bits per heavy atom. The summed E-state index contributed by atoms with van der Waals surface area (Å²) in [6.45, 7) is 4.97. The Balaban J connectivity index is 1.82. The molecule has 3 unspecified atom stereocenters. The van der Waals surface area contributed by atoms with Crippen LogP contribution in [0.1, 0.15) is 46.0 Å². The first kappa shape index (κ1) is 18.1. The van der Waals surface area contributed by atoms with Crippen molar-refractivity contribution >= 4 is 17.7 Å². The zero-order valence-corrected chi connectivity index (χ0v) is 15.1. The molecule has 1 aliphatic carbocycles. The van der Waals surface area contributed by atoms with E-state index in [-0.39, 0.29) is 41.6 Å². The third-order valence-corrected chi connectivity index (χ3v) is 5.61. The molecule has 0 aromatic carbocycles. The summed E-state index contributed by atoms with van der Waals surface area (Å²) in [6, 6.07) is -0.708. The number of carbonyl (C=O) groups excluding carboxylic acids is 3. The van der Waals surface area contributed by atoms with E-state index in [1.165, 1.54) is 4.90 Å². The largest absolute Gasteiger partial charge is 0.393 e. The predicted molar refractivity (Wildman–Crippen MR) is 92.3 cm³/mol. The molecular weight excluding hydrogens is 320 g/mol. The monoisotopic (exact) mass is 348 g/mol. The molecule has 3 atom stereocenters. The van der Waals surface area contributed by atoms with Crippen LogP contribution in [0.5, 0.6) is 0 Å². The SMILES string of the molecule is CC(C)CC(C(=O)N1CCC(O)CC1)N1C(=O)C2CC=CCC2C1=O. The Morgan fingerprint density at radius 3 is 2.12 bits per heavy atom. The third-order valence-electron chi connectivity index (χ3n) is 5.61. The molecule has 2 fully saturated rings. The number of carbonyl (C=O) groups is 3. The van der Waals surface area contributed by atoms with Gasteiger partial charge in [-0.3, -0.25) is 19.3 Å². The van der Waals surface area contributed by atoms with Gasteiger partial charge in [0.05, 0.1) is 17.9 Å². The average molecular weight is 348 g/mol. The molecule has 0 bridgehead atoms. The van der Waals surface area contributed by atoms with Crippen LogP contribution < -0.4 is 0 Å². The summed E-state index contributed by atoms with van der Waals surface area (Å²) in [6.07, 6.45) is 6.32. The smallest absolute Gasteiger partial charge is 0.245 e. The molecule has 0 spiro atoms. The Morgan fingerprint density at radius 2 is 1.64 bits per heavy atom. The zero-order chi connectivity index (χ0) is 18.1. The van der Waals surface area contributed by atoms with E-state index in [1.807, 2.05) is 26.0 Å². The van der Waals surface area contributed by atoms with E-state index in [0.29, 0.717) is 45.2 Å². The lowest BCUT2D eigenvalue weighted by Crippen LogP contribution is -2.53. The van der Waals surface area contributed by atoms with Crippen molar-refractivity contribution in [2.75, 3.05) is 13.1 Å². The van der Waals surface area contributed by atoms with Crippen LogP contribution in [0.3, 0.4) is 0 Å². The number of allylic oxidation sites excluding steroid dienone is 2. The molecule has 2 saturated heterocycles. The molecule has 0 aromatic heterocycles. The number of rotatable bonds is 4. The van der Waals surface area contributed by atoms with Crippen molar-refractivity contribution < 1.29 is 19.5 Å². The summed E-state index contributed by atoms with van der Waals surface area (Å²) in [5.41, 5.74) is 0. The van der Waals surface area contributed by atoms with Crippen molar-refractivity contribution in [2.45, 2.75) is 58.1 Å². The van der Waals surface area contributed by atoms with Gasteiger partial charge < -0.3 is 10.0 Å². The summed E-state index contributed by atoms with van der Waals surface area (Å²) >= 11 is 0. The first-order valence-corrected chi connectivity index (χ1v) is 9.39. The lowest BCUT2D eigenvalue weighted by Gasteiger charge is -2.35. The summed E-state index contributed by atoms with van der Waals surface area (Å²) in [5.74, 6) is -0.920. The molecule has 0 saturated carbocycles. The normalized spacial score (nSPS) is 28.6. The maximum atomic E-state index is 13.1. The number of nitrogens with zero attached hydrogens (tertiary/aromatic N) is 2. The Bertz CT molecular complexity index is 552. The number of fused-ring (bicyclic) bond motifs is 1. The molecule has 1 N–H and O–H groups in total. The van der Waals surface area contributed by atoms with Gasteiger partial charge in [-0.2, -0.15) is 0 Å². The van der Waals surface area contributed by atoms with Crippen molar-refractivity contribution in [1.29, 1.82) is 0 Å². The van der Waals surface area contributed by atoms with Crippen LogP contribution in [0.25, 0.3) is 0 Å². The third kappa shape index (κ3) is 3.50. The first-order valence-electron chi connectivity index (χ1n) is 9.39. The van der Waals surface area contributed by atoms with Gasteiger partial charge in [-0.05, 0) is 38.0 Å². The number of imide groups is 1. The number of hydrogen-bond donors (Lipinski definition) is 1. The second-order valence-corrected chi connectivity index (χ2v) is 7.90. The van der Waals surface area contributed by atoms with Crippen LogP contribution >= 0.6 is 0 Å². The Kier molecular flexibility index (Phi) is 5.27. The second kappa shape index (κ2) is 7.28. The van der Waals surface area contributed by atoms with E-state index in [4.69, 9.17) is 0 Å². The standard InChI is InChI=1S/C19H28N2O4/c1-12(2)11-16(19(25)20-9-7-13(22)8-10-20)21-17(23)14-5-3-4-6-15(14)18(21)24/h3-4,12-16,22H,5-11H2,1-2H3. The summed E-state index contributed by atoms with van der Waals surface area (Å²) in [4.78, 5) is 41.8. The van der Waals surface area contributed by atoms with Gasteiger partial charge in [-0.15, -0.1) is 0 Å². The molecule has 2 heterocycles. The van der Waals surface area contributed by atoms with Gasteiger partial charge in [-0.1, -0.05) is 26.0 Å². The molecule has 0 radical (unpaired) electrons. The van der Waals surface area contributed by atoms with Crippen LogP contribution in [0.4, 0.5) is 0 Å². The minimum Gasteiger partial charge on any atom is -0.393 e. The molecule has 2 aliphatic heterocycles. The van der Waals surface area contributed by atoms with Crippen molar-refractivity contribution in [3.8, 4) is 0 Å². The molecule has 6 nitrogen and oxygen atoms in total. The van der Waals surface area contributed by atoms with Gasteiger partial charge in [0, 0.05) is 13.1 Å². The summed E-state index contributed by atoms with van der Waals surface area (Å²) < 4.78 is 0. The molecular formula is C19H28N2O4. The van der Waals surface area contributed by atoms with Gasteiger partial charge in [0.1, 0.15) is 6.04 Å².